The number of aromatic nitrogens is 1. The molecule has 88 valence electrons. The van der Waals surface area contributed by atoms with Crippen molar-refractivity contribution in [3.8, 4) is 5.88 Å². The van der Waals surface area contributed by atoms with Crippen LogP contribution in [0.5, 0.6) is 5.88 Å². The molecule has 0 radical (unpaired) electrons. The predicted octanol–water partition coefficient (Wildman–Crippen LogP) is 2.86. The Bertz CT molecular complexity index is 596. The first-order chi connectivity index (χ1) is 8.29. The molecule has 3 rings (SSSR count). The number of nitrogens with zero attached hydrogens (tertiary/aromatic N) is 2. The van der Waals surface area contributed by atoms with Gasteiger partial charge in [0, 0.05) is 24.7 Å². The van der Waals surface area contributed by atoms with Crippen LogP contribution in [0.25, 0.3) is 10.9 Å². The summed E-state index contributed by atoms with van der Waals surface area (Å²) in [6, 6.07) is 8.09. The van der Waals surface area contributed by atoms with Crippen molar-refractivity contribution in [2.75, 3.05) is 6.54 Å². The molecule has 0 saturated heterocycles. The Morgan fingerprint density at radius 3 is 2.82 bits per heavy atom. The summed E-state index contributed by atoms with van der Waals surface area (Å²) >= 11 is 0. The molecular weight excluding hydrogens is 212 g/mol. The van der Waals surface area contributed by atoms with Gasteiger partial charge in [-0.3, -0.25) is 4.99 Å². The minimum Gasteiger partial charge on any atom is -0.494 e. The van der Waals surface area contributed by atoms with E-state index >= 15 is 0 Å². The summed E-state index contributed by atoms with van der Waals surface area (Å²) in [6.07, 6.45) is 3.30. The molecule has 1 aromatic heterocycles. The molecule has 0 aliphatic carbocycles. The number of fused-ring (bicyclic) bond motifs is 1. The van der Waals surface area contributed by atoms with Gasteiger partial charge in [0.05, 0.1) is 11.1 Å². The lowest BCUT2D eigenvalue weighted by Crippen LogP contribution is -2.07. The number of aliphatic imine (C=N–C) groups is 1. The van der Waals surface area contributed by atoms with E-state index in [1.807, 2.05) is 29.8 Å². The van der Waals surface area contributed by atoms with Crippen molar-refractivity contribution in [1.29, 1.82) is 0 Å². The molecule has 17 heavy (non-hydrogen) atoms. The molecule has 0 fully saturated rings. The van der Waals surface area contributed by atoms with Crippen LogP contribution in [0.4, 0.5) is 0 Å². The van der Waals surface area contributed by atoms with Crippen molar-refractivity contribution in [1.82, 2.24) is 4.57 Å². The predicted molar refractivity (Wildman–Crippen MR) is 69.8 cm³/mol. The number of hydrogen-bond acceptors (Lipinski definition) is 2. The van der Waals surface area contributed by atoms with E-state index in [1.165, 1.54) is 6.42 Å². The number of hydrogen-bond donors (Lipinski definition) is 1. The molecule has 1 aromatic carbocycles. The van der Waals surface area contributed by atoms with Gasteiger partial charge in [-0.15, -0.1) is 0 Å². The molecule has 2 heterocycles. The van der Waals surface area contributed by atoms with Crippen molar-refractivity contribution in [3.05, 3.63) is 29.8 Å². The van der Waals surface area contributed by atoms with E-state index in [2.05, 4.69) is 11.1 Å². The van der Waals surface area contributed by atoms with Gasteiger partial charge in [0.2, 0.25) is 5.88 Å². The molecule has 0 bridgehead atoms. The second-order valence-corrected chi connectivity index (χ2v) is 4.56. The van der Waals surface area contributed by atoms with Crippen molar-refractivity contribution in [2.45, 2.75) is 19.3 Å². The second kappa shape index (κ2) is 3.91. The first-order valence-corrected chi connectivity index (χ1v) is 6.09. The van der Waals surface area contributed by atoms with E-state index in [0.717, 1.165) is 41.6 Å². The average Bonchev–Trinajstić information content (AvgIpc) is 2.64. The molecule has 0 spiro atoms. The van der Waals surface area contributed by atoms with Crippen molar-refractivity contribution >= 4 is 16.6 Å². The zero-order valence-corrected chi connectivity index (χ0v) is 9.98. The molecule has 1 aliphatic rings. The maximum atomic E-state index is 10.3. The topological polar surface area (TPSA) is 37.5 Å². The fourth-order valence-electron chi connectivity index (χ4n) is 2.57. The highest BCUT2D eigenvalue weighted by molar-refractivity contribution is 6.13. The highest BCUT2D eigenvalue weighted by atomic mass is 16.3. The third-order valence-electron chi connectivity index (χ3n) is 3.49. The Morgan fingerprint density at radius 1 is 1.24 bits per heavy atom. The van der Waals surface area contributed by atoms with Gasteiger partial charge >= 0.3 is 0 Å². The third-order valence-corrected chi connectivity index (χ3v) is 3.49. The summed E-state index contributed by atoms with van der Waals surface area (Å²) in [5.41, 5.74) is 3.06. The lowest BCUT2D eigenvalue weighted by molar-refractivity contribution is 0.434. The van der Waals surface area contributed by atoms with Gasteiger partial charge in [0.25, 0.3) is 0 Å². The summed E-state index contributed by atoms with van der Waals surface area (Å²) in [7, 11) is 1.89. The zero-order valence-electron chi connectivity index (χ0n) is 9.98. The Hall–Kier alpha value is -1.77. The van der Waals surface area contributed by atoms with Gasteiger partial charge < -0.3 is 9.67 Å². The van der Waals surface area contributed by atoms with Gasteiger partial charge in [0.15, 0.2) is 0 Å². The van der Waals surface area contributed by atoms with Crippen LogP contribution < -0.4 is 0 Å². The summed E-state index contributed by atoms with van der Waals surface area (Å²) < 4.78 is 1.84. The van der Waals surface area contributed by atoms with Gasteiger partial charge in [-0.2, -0.15) is 0 Å². The summed E-state index contributed by atoms with van der Waals surface area (Å²) in [6.45, 7) is 0.887. The van der Waals surface area contributed by atoms with Crippen LogP contribution in [0, 0.1) is 0 Å². The Morgan fingerprint density at radius 2 is 2.06 bits per heavy atom. The number of rotatable bonds is 1. The molecule has 2 aromatic rings. The standard InChI is InChI=1S/C14H16N2O/c1-16-12-8-3-2-6-10(12)13(14(16)17)11-7-4-5-9-15-11/h2-3,6,8,17H,4-5,7,9H2,1H3. The van der Waals surface area contributed by atoms with E-state index in [-0.39, 0.29) is 0 Å². The summed E-state index contributed by atoms with van der Waals surface area (Å²) in [5, 5.41) is 11.4. The molecular formula is C14H16N2O. The summed E-state index contributed by atoms with van der Waals surface area (Å²) in [5.74, 6) is 0.340. The molecule has 1 aliphatic heterocycles. The fourth-order valence-corrected chi connectivity index (χ4v) is 2.57. The van der Waals surface area contributed by atoms with Crippen molar-refractivity contribution < 1.29 is 5.11 Å². The number of aryl methyl sites for hydroxylation is 1. The van der Waals surface area contributed by atoms with Crippen LogP contribution in [-0.4, -0.2) is 21.9 Å². The smallest absolute Gasteiger partial charge is 0.201 e. The molecule has 3 heteroatoms. The second-order valence-electron chi connectivity index (χ2n) is 4.56. The minimum absolute atomic E-state index is 0.340. The molecule has 0 amide bonds. The van der Waals surface area contributed by atoms with Gasteiger partial charge in [0.1, 0.15) is 0 Å². The monoisotopic (exact) mass is 228 g/mol. The first-order valence-electron chi connectivity index (χ1n) is 6.09. The van der Waals surface area contributed by atoms with Gasteiger partial charge in [-0.1, -0.05) is 18.2 Å². The highest BCUT2D eigenvalue weighted by Crippen LogP contribution is 2.32. The van der Waals surface area contributed by atoms with Gasteiger partial charge in [-0.05, 0) is 25.3 Å². The van der Waals surface area contributed by atoms with Crippen LogP contribution in [0.15, 0.2) is 29.3 Å². The van der Waals surface area contributed by atoms with Crippen LogP contribution in [0.1, 0.15) is 24.8 Å². The molecule has 0 atom stereocenters. The maximum Gasteiger partial charge on any atom is 0.201 e. The molecule has 1 N–H and O–H groups in total. The van der Waals surface area contributed by atoms with Crippen molar-refractivity contribution in [3.63, 3.8) is 0 Å². The lowest BCUT2D eigenvalue weighted by atomic mass is 10.0. The Kier molecular flexibility index (Phi) is 2.39. The number of aromatic hydroxyl groups is 1. The van der Waals surface area contributed by atoms with Crippen LogP contribution >= 0.6 is 0 Å². The highest BCUT2D eigenvalue weighted by Gasteiger charge is 2.19. The minimum atomic E-state index is 0.340. The van der Waals surface area contributed by atoms with Crippen LogP contribution in [0.3, 0.4) is 0 Å². The largest absolute Gasteiger partial charge is 0.494 e. The normalized spacial score (nSPS) is 16.2. The quantitative estimate of drug-likeness (QED) is 0.800. The zero-order chi connectivity index (χ0) is 11.8. The van der Waals surface area contributed by atoms with E-state index in [4.69, 9.17) is 0 Å². The van der Waals surface area contributed by atoms with E-state index in [1.54, 1.807) is 0 Å². The Labute approximate surface area is 100 Å². The lowest BCUT2D eigenvalue weighted by Gasteiger charge is -2.11. The molecule has 3 nitrogen and oxygen atoms in total. The average molecular weight is 228 g/mol. The van der Waals surface area contributed by atoms with Crippen LogP contribution in [-0.2, 0) is 7.05 Å². The van der Waals surface area contributed by atoms with Gasteiger partial charge in [-0.25, -0.2) is 0 Å². The molecule has 0 unspecified atom stereocenters. The molecule has 0 saturated carbocycles. The first kappa shape index (κ1) is 10.4. The maximum absolute atomic E-state index is 10.3. The number of para-hydroxylation sites is 1. The van der Waals surface area contributed by atoms with E-state index in [9.17, 15) is 5.11 Å². The SMILES string of the molecule is Cn1c(O)c(C2=NCCCC2)c2ccccc21. The third kappa shape index (κ3) is 1.54. The van der Waals surface area contributed by atoms with E-state index in [0.29, 0.717) is 5.88 Å². The Balaban J connectivity index is 2.28. The van der Waals surface area contributed by atoms with Crippen LogP contribution in [0.2, 0.25) is 0 Å². The van der Waals surface area contributed by atoms with E-state index < -0.39 is 0 Å². The van der Waals surface area contributed by atoms with Crippen molar-refractivity contribution in [2.24, 2.45) is 12.0 Å². The fraction of sp³-hybridized carbons (Fsp3) is 0.357. The summed E-state index contributed by atoms with van der Waals surface area (Å²) in [4.78, 5) is 4.57. The number of benzene rings is 1.